The molecule has 0 aliphatic carbocycles. The van der Waals surface area contributed by atoms with Gasteiger partial charge in [0.25, 0.3) is 5.56 Å². The zero-order valence-electron chi connectivity index (χ0n) is 11.3. The summed E-state index contributed by atoms with van der Waals surface area (Å²) >= 11 is 0. The molecule has 1 aromatic heterocycles. The van der Waals surface area contributed by atoms with Crippen LogP contribution in [0.4, 0.5) is 0 Å². The number of nitrogens with zero attached hydrogens (tertiary/aromatic N) is 2. The minimum Gasteiger partial charge on any atom is -0.497 e. The Morgan fingerprint density at radius 3 is 2.60 bits per heavy atom. The molecule has 1 heterocycles. The van der Waals surface area contributed by atoms with Crippen LogP contribution in [-0.2, 0) is 6.54 Å². The molecule has 0 unspecified atom stereocenters. The third kappa shape index (κ3) is 3.58. The van der Waals surface area contributed by atoms with Crippen LogP contribution in [-0.4, -0.2) is 30.0 Å². The average Bonchev–Trinajstić information content (AvgIpc) is 2.48. The fourth-order valence-corrected chi connectivity index (χ4v) is 1.70. The summed E-state index contributed by atoms with van der Waals surface area (Å²) in [5.41, 5.74) is 6.09. The number of methoxy groups -OCH3 is 1. The van der Waals surface area contributed by atoms with E-state index in [0.717, 1.165) is 11.3 Å². The first kappa shape index (κ1) is 14.1. The summed E-state index contributed by atoms with van der Waals surface area (Å²) in [6.07, 6.45) is 1.51. The highest BCUT2D eigenvalue weighted by molar-refractivity contribution is 5.27. The van der Waals surface area contributed by atoms with Crippen molar-refractivity contribution in [1.29, 1.82) is 0 Å². The van der Waals surface area contributed by atoms with Crippen molar-refractivity contribution >= 4 is 0 Å². The molecule has 0 atom stereocenters. The maximum atomic E-state index is 11.9. The van der Waals surface area contributed by atoms with Crippen molar-refractivity contribution in [1.82, 2.24) is 9.78 Å². The lowest BCUT2D eigenvalue weighted by Gasteiger charge is -2.07. The number of hydrogen-bond acceptors (Lipinski definition) is 5. The van der Waals surface area contributed by atoms with Crippen LogP contribution in [0.15, 0.2) is 41.3 Å². The van der Waals surface area contributed by atoms with E-state index in [1.807, 2.05) is 24.3 Å². The summed E-state index contributed by atoms with van der Waals surface area (Å²) in [4.78, 5) is 11.9. The highest BCUT2D eigenvalue weighted by atomic mass is 16.5. The summed E-state index contributed by atoms with van der Waals surface area (Å²) in [6.45, 7) is 1.17. The molecule has 6 heteroatoms. The fourth-order valence-electron chi connectivity index (χ4n) is 1.70. The van der Waals surface area contributed by atoms with Gasteiger partial charge in [-0.2, -0.15) is 5.10 Å². The summed E-state index contributed by atoms with van der Waals surface area (Å²) in [7, 11) is 1.61. The zero-order valence-corrected chi connectivity index (χ0v) is 11.3. The summed E-state index contributed by atoms with van der Waals surface area (Å²) in [5, 5.41) is 4.08. The average molecular weight is 275 g/mol. The predicted molar refractivity (Wildman–Crippen MR) is 75.1 cm³/mol. The van der Waals surface area contributed by atoms with Gasteiger partial charge in [-0.15, -0.1) is 0 Å². The highest BCUT2D eigenvalue weighted by Gasteiger charge is 2.02. The molecular weight excluding hydrogens is 258 g/mol. The van der Waals surface area contributed by atoms with Crippen LogP contribution in [0.2, 0.25) is 0 Å². The second-order valence-electron chi connectivity index (χ2n) is 4.17. The Bertz CT molecular complexity index is 608. The Labute approximate surface area is 116 Å². The minimum absolute atomic E-state index is 0.213. The first-order valence-corrected chi connectivity index (χ1v) is 6.26. The number of hydrogen-bond donors (Lipinski definition) is 1. The molecule has 106 valence electrons. The van der Waals surface area contributed by atoms with Gasteiger partial charge in [0.05, 0.1) is 19.9 Å². The van der Waals surface area contributed by atoms with Crippen LogP contribution < -0.4 is 20.8 Å². The monoisotopic (exact) mass is 275 g/mol. The Morgan fingerprint density at radius 1 is 1.25 bits per heavy atom. The van der Waals surface area contributed by atoms with Gasteiger partial charge in [0.1, 0.15) is 18.1 Å². The molecule has 0 bridgehead atoms. The molecular formula is C14H17N3O3. The Balaban J connectivity index is 2.10. The SMILES string of the molecule is COc1ccc(Cn2ncc(OCCN)cc2=O)cc1. The second-order valence-corrected chi connectivity index (χ2v) is 4.17. The van der Waals surface area contributed by atoms with E-state index in [9.17, 15) is 4.79 Å². The van der Waals surface area contributed by atoms with E-state index >= 15 is 0 Å². The molecule has 0 amide bonds. The van der Waals surface area contributed by atoms with Gasteiger partial charge in [0, 0.05) is 12.6 Å². The van der Waals surface area contributed by atoms with Gasteiger partial charge in [-0.1, -0.05) is 12.1 Å². The smallest absolute Gasteiger partial charge is 0.270 e. The van der Waals surface area contributed by atoms with Gasteiger partial charge in [0.2, 0.25) is 0 Å². The summed E-state index contributed by atoms with van der Waals surface area (Å²) in [6, 6.07) is 8.89. The normalized spacial score (nSPS) is 10.3. The van der Waals surface area contributed by atoms with Crippen LogP contribution in [0.1, 0.15) is 5.56 Å². The van der Waals surface area contributed by atoms with Gasteiger partial charge in [-0.05, 0) is 17.7 Å². The Hall–Kier alpha value is -2.34. The molecule has 1 aromatic carbocycles. The van der Waals surface area contributed by atoms with E-state index in [2.05, 4.69) is 5.10 Å². The van der Waals surface area contributed by atoms with E-state index in [4.69, 9.17) is 15.2 Å². The maximum Gasteiger partial charge on any atom is 0.270 e. The van der Waals surface area contributed by atoms with Crippen LogP contribution in [0.25, 0.3) is 0 Å². The van der Waals surface area contributed by atoms with Gasteiger partial charge in [-0.3, -0.25) is 4.79 Å². The molecule has 2 N–H and O–H groups in total. The quantitative estimate of drug-likeness (QED) is 0.836. The molecule has 20 heavy (non-hydrogen) atoms. The lowest BCUT2D eigenvalue weighted by atomic mass is 10.2. The summed E-state index contributed by atoms with van der Waals surface area (Å²) < 4.78 is 11.7. The lowest BCUT2D eigenvalue weighted by molar-refractivity contribution is 0.324. The van der Waals surface area contributed by atoms with E-state index < -0.39 is 0 Å². The van der Waals surface area contributed by atoms with E-state index in [-0.39, 0.29) is 5.56 Å². The van der Waals surface area contributed by atoms with Crippen molar-refractivity contribution in [2.75, 3.05) is 20.3 Å². The molecule has 2 rings (SSSR count). The molecule has 0 radical (unpaired) electrons. The van der Waals surface area contributed by atoms with Crippen LogP contribution >= 0.6 is 0 Å². The van der Waals surface area contributed by atoms with Crippen LogP contribution in [0, 0.1) is 0 Å². The molecule has 0 spiro atoms. The third-order valence-electron chi connectivity index (χ3n) is 2.72. The molecule has 6 nitrogen and oxygen atoms in total. The molecule has 0 fully saturated rings. The van der Waals surface area contributed by atoms with Crippen LogP contribution in [0.3, 0.4) is 0 Å². The predicted octanol–water partition coefficient (Wildman–Crippen LogP) is 0.638. The minimum atomic E-state index is -0.213. The molecule has 0 aliphatic rings. The largest absolute Gasteiger partial charge is 0.497 e. The van der Waals surface area contributed by atoms with E-state index in [1.54, 1.807) is 7.11 Å². The van der Waals surface area contributed by atoms with Gasteiger partial charge in [-0.25, -0.2) is 4.68 Å². The third-order valence-corrected chi connectivity index (χ3v) is 2.72. The standard InChI is InChI=1S/C14H17N3O3/c1-19-12-4-2-11(3-5-12)10-17-14(18)8-13(9-16-17)20-7-6-15/h2-5,8-9H,6-7,10,15H2,1H3. The number of ether oxygens (including phenoxy) is 2. The van der Waals surface area contributed by atoms with Gasteiger partial charge in [0.15, 0.2) is 0 Å². The first-order chi connectivity index (χ1) is 9.72. The molecule has 0 saturated carbocycles. The van der Waals surface area contributed by atoms with Crippen LogP contribution in [0.5, 0.6) is 11.5 Å². The Morgan fingerprint density at radius 2 is 2.00 bits per heavy atom. The van der Waals surface area contributed by atoms with E-state index in [1.165, 1.54) is 16.9 Å². The number of benzene rings is 1. The molecule has 0 saturated heterocycles. The summed E-state index contributed by atoms with van der Waals surface area (Å²) in [5.74, 6) is 1.21. The van der Waals surface area contributed by atoms with Crippen molar-refractivity contribution in [3.05, 3.63) is 52.4 Å². The van der Waals surface area contributed by atoms with Crippen molar-refractivity contribution in [3.8, 4) is 11.5 Å². The lowest BCUT2D eigenvalue weighted by Crippen LogP contribution is -2.23. The van der Waals surface area contributed by atoms with E-state index in [0.29, 0.717) is 25.4 Å². The Kier molecular flexibility index (Phi) is 4.73. The topological polar surface area (TPSA) is 79.4 Å². The van der Waals surface area contributed by atoms with Crippen molar-refractivity contribution in [2.45, 2.75) is 6.54 Å². The number of aromatic nitrogens is 2. The van der Waals surface area contributed by atoms with Gasteiger partial charge < -0.3 is 15.2 Å². The number of nitrogens with two attached hydrogens (primary N) is 1. The van der Waals surface area contributed by atoms with Crippen molar-refractivity contribution < 1.29 is 9.47 Å². The van der Waals surface area contributed by atoms with Crippen molar-refractivity contribution in [3.63, 3.8) is 0 Å². The number of rotatable bonds is 6. The zero-order chi connectivity index (χ0) is 14.4. The maximum absolute atomic E-state index is 11.9. The first-order valence-electron chi connectivity index (χ1n) is 6.26. The second kappa shape index (κ2) is 6.72. The van der Waals surface area contributed by atoms with Crippen molar-refractivity contribution in [2.24, 2.45) is 5.73 Å². The van der Waals surface area contributed by atoms with Gasteiger partial charge >= 0.3 is 0 Å². The molecule has 0 aliphatic heterocycles. The fraction of sp³-hybridized carbons (Fsp3) is 0.286. The molecule has 2 aromatic rings. The highest BCUT2D eigenvalue weighted by Crippen LogP contribution is 2.11.